The molecule has 0 aromatic heterocycles. The van der Waals surface area contributed by atoms with E-state index in [1.807, 2.05) is 18.2 Å². The first-order chi connectivity index (χ1) is 10.8. The Morgan fingerprint density at radius 2 is 2.18 bits per heavy atom. The van der Waals surface area contributed by atoms with Gasteiger partial charge in [0.1, 0.15) is 6.61 Å². The number of carbonyl (C=O) groups excluding carboxylic acids is 1. The number of ether oxygens (including phenoxy) is 3. The zero-order valence-corrected chi connectivity index (χ0v) is 13.0. The van der Waals surface area contributed by atoms with E-state index >= 15 is 0 Å². The molecule has 1 N–H and O–H groups in total. The minimum Gasteiger partial charge on any atom is -0.493 e. The number of carbonyl (C=O) groups is 1. The molecule has 3 rings (SSSR count). The van der Waals surface area contributed by atoms with Gasteiger partial charge in [-0.1, -0.05) is 6.07 Å². The Kier molecular flexibility index (Phi) is 4.83. The van der Waals surface area contributed by atoms with Crippen LogP contribution in [0.4, 0.5) is 0 Å². The second kappa shape index (κ2) is 7.01. The predicted octanol–water partition coefficient (Wildman–Crippen LogP) is 2.28. The summed E-state index contributed by atoms with van der Waals surface area (Å²) in [4.78, 5) is 11.7. The first-order valence-corrected chi connectivity index (χ1v) is 7.95. The molecule has 120 valence electrons. The van der Waals surface area contributed by atoms with Crippen molar-refractivity contribution >= 4 is 5.91 Å². The molecule has 1 atom stereocenters. The summed E-state index contributed by atoms with van der Waals surface area (Å²) < 4.78 is 16.7. The zero-order chi connectivity index (χ0) is 15.4. The van der Waals surface area contributed by atoms with Crippen LogP contribution in [0.3, 0.4) is 0 Å². The van der Waals surface area contributed by atoms with Crippen molar-refractivity contribution in [2.45, 2.75) is 38.3 Å². The largest absolute Gasteiger partial charge is 0.493 e. The van der Waals surface area contributed by atoms with E-state index < -0.39 is 0 Å². The van der Waals surface area contributed by atoms with Crippen molar-refractivity contribution in [3.8, 4) is 11.5 Å². The molecule has 2 fully saturated rings. The molecular formula is C17H23NO4. The van der Waals surface area contributed by atoms with Gasteiger partial charge in [0.05, 0.1) is 13.2 Å². The number of nitrogens with one attached hydrogen (secondary N) is 1. The maximum absolute atomic E-state index is 11.7. The molecule has 0 unspecified atom stereocenters. The van der Waals surface area contributed by atoms with Crippen LogP contribution < -0.4 is 14.8 Å². The van der Waals surface area contributed by atoms with Gasteiger partial charge < -0.3 is 19.5 Å². The Hall–Kier alpha value is -1.75. The fourth-order valence-electron chi connectivity index (χ4n) is 2.58. The molecule has 5 heteroatoms. The average Bonchev–Trinajstić information content (AvgIpc) is 3.27. The molecule has 1 saturated heterocycles. The van der Waals surface area contributed by atoms with Crippen LogP contribution in [0.25, 0.3) is 0 Å². The van der Waals surface area contributed by atoms with Gasteiger partial charge in [-0.25, -0.2) is 0 Å². The van der Waals surface area contributed by atoms with Crippen LogP contribution >= 0.6 is 0 Å². The fourth-order valence-corrected chi connectivity index (χ4v) is 2.58. The summed E-state index contributed by atoms with van der Waals surface area (Å²) in [5.74, 6) is 1.79. The van der Waals surface area contributed by atoms with Gasteiger partial charge in [-0.05, 0) is 43.4 Å². The number of rotatable bonds is 7. The third kappa shape index (κ3) is 3.91. The number of hydrogen-bond donors (Lipinski definition) is 1. The van der Waals surface area contributed by atoms with Crippen molar-refractivity contribution < 1.29 is 19.0 Å². The minimum atomic E-state index is 0.151. The molecule has 1 amide bonds. The van der Waals surface area contributed by atoms with E-state index in [4.69, 9.17) is 14.2 Å². The Morgan fingerprint density at radius 3 is 2.86 bits per heavy atom. The van der Waals surface area contributed by atoms with E-state index in [2.05, 4.69) is 5.32 Å². The van der Waals surface area contributed by atoms with Gasteiger partial charge in [0, 0.05) is 19.1 Å². The van der Waals surface area contributed by atoms with Gasteiger partial charge >= 0.3 is 0 Å². The molecule has 1 aliphatic heterocycles. The molecule has 2 aliphatic rings. The van der Waals surface area contributed by atoms with Crippen LogP contribution in [0.2, 0.25) is 0 Å². The summed E-state index contributed by atoms with van der Waals surface area (Å²) in [5.41, 5.74) is 1.01. The highest BCUT2D eigenvalue weighted by Crippen LogP contribution is 2.30. The first-order valence-electron chi connectivity index (χ1n) is 7.95. The van der Waals surface area contributed by atoms with Gasteiger partial charge in [-0.15, -0.1) is 0 Å². The molecular weight excluding hydrogens is 282 g/mol. The molecule has 5 nitrogen and oxygen atoms in total. The van der Waals surface area contributed by atoms with Crippen LogP contribution in [0, 0.1) is 5.92 Å². The lowest BCUT2D eigenvalue weighted by atomic mass is 10.2. The SMILES string of the molecule is COc1cc(CNC(=O)C2CC2)ccc1OC[C@H]1CCCO1. The molecule has 22 heavy (non-hydrogen) atoms. The summed E-state index contributed by atoms with van der Waals surface area (Å²) in [6.45, 7) is 1.90. The Bertz CT molecular complexity index is 521. The fraction of sp³-hybridized carbons (Fsp3) is 0.588. The monoisotopic (exact) mass is 305 g/mol. The van der Waals surface area contributed by atoms with E-state index in [9.17, 15) is 4.79 Å². The number of benzene rings is 1. The van der Waals surface area contributed by atoms with Crippen molar-refractivity contribution in [1.29, 1.82) is 0 Å². The van der Waals surface area contributed by atoms with Crippen LogP contribution in [0.1, 0.15) is 31.2 Å². The lowest BCUT2D eigenvalue weighted by Gasteiger charge is -2.15. The second-order valence-electron chi connectivity index (χ2n) is 5.92. The van der Waals surface area contributed by atoms with E-state index in [1.165, 1.54) is 0 Å². The van der Waals surface area contributed by atoms with E-state index in [0.29, 0.717) is 18.9 Å². The number of amides is 1. The Balaban J connectivity index is 1.55. The third-order valence-corrected chi connectivity index (χ3v) is 4.09. The topological polar surface area (TPSA) is 56.8 Å². The standard InChI is InChI=1S/C17H23NO4/c1-20-16-9-12(10-18-17(19)13-5-6-13)4-7-15(16)22-11-14-3-2-8-21-14/h4,7,9,13-14H,2-3,5-6,8,10-11H2,1H3,(H,18,19)/t14-/m1/s1. The molecule has 1 aliphatic carbocycles. The van der Waals surface area contributed by atoms with Crippen molar-refractivity contribution in [3.05, 3.63) is 23.8 Å². The predicted molar refractivity (Wildman–Crippen MR) is 82.0 cm³/mol. The van der Waals surface area contributed by atoms with Gasteiger partial charge in [0.2, 0.25) is 5.91 Å². The summed E-state index contributed by atoms with van der Waals surface area (Å²) in [6, 6.07) is 5.77. The van der Waals surface area contributed by atoms with Crippen LogP contribution in [-0.4, -0.2) is 32.3 Å². The number of hydrogen-bond acceptors (Lipinski definition) is 4. The minimum absolute atomic E-state index is 0.151. The Labute approximate surface area is 130 Å². The molecule has 0 bridgehead atoms. The van der Waals surface area contributed by atoms with E-state index in [0.717, 1.165) is 43.6 Å². The first kappa shape index (κ1) is 15.2. The average molecular weight is 305 g/mol. The zero-order valence-electron chi connectivity index (χ0n) is 13.0. The summed E-state index contributed by atoms with van der Waals surface area (Å²) in [5, 5.41) is 2.95. The molecule has 0 spiro atoms. The highest BCUT2D eigenvalue weighted by Gasteiger charge is 2.29. The van der Waals surface area contributed by atoms with E-state index in [1.54, 1.807) is 7.11 Å². The highest BCUT2D eigenvalue weighted by molar-refractivity contribution is 5.80. The van der Waals surface area contributed by atoms with E-state index in [-0.39, 0.29) is 17.9 Å². The molecule has 0 radical (unpaired) electrons. The molecule has 1 saturated carbocycles. The van der Waals surface area contributed by atoms with Gasteiger partial charge in [0.15, 0.2) is 11.5 Å². The highest BCUT2D eigenvalue weighted by atomic mass is 16.5. The molecule has 1 aromatic carbocycles. The third-order valence-electron chi connectivity index (χ3n) is 4.09. The summed E-state index contributed by atoms with van der Waals surface area (Å²) in [7, 11) is 1.63. The maximum atomic E-state index is 11.7. The van der Waals surface area contributed by atoms with Gasteiger partial charge in [0.25, 0.3) is 0 Å². The molecule has 1 heterocycles. The second-order valence-corrected chi connectivity index (χ2v) is 5.92. The van der Waals surface area contributed by atoms with Crippen molar-refractivity contribution in [2.75, 3.05) is 20.3 Å². The van der Waals surface area contributed by atoms with Crippen molar-refractivity contribution in [2.24, 2.45) is 5.92 Å². The lowest BCUT2D eigenvalue weighted by molar-refractivity contribution is -0.122. The summed E-state index contributed by atoms with van der Waals surface area (Å²) in [6.07, 6.45) is 4.37. The van der Waals surface area contributed by atoms with Crippen molar-refractivity contribution in [3.63, 3.8) is 0 Å². The van der Waals surface area contributed by atoms with Crippen molar-refractivity contribution in [1.82, 2.24) is 5.32 Å². The van der Waals surface area contributed by atoms with Crippen LogP contribution in [0.15, 0.2) is 18.2 Å². The Morgan fingerprint density at radius 1 is 1.32 bits per heavy atom. The molecule has 1 aromatic rings. The van der Waals surface area contributed by atoms with Crippen LogP contribution in [0.5, 0.6) is 11.5 Å². The van der Waals surface area contributed by atoms with Gasteiger partial charge in [-0.3, -0.25) is 4.79 Å². The maximum Gasteiger partial charge on any atom is 0.223 e. The summed E-state index contributed by atoms with van der Waals surface area (Å²) >= 11 is 0. The smallest absolute Gasteiger partial charge is 0.223 e. The van der Waals surface area contributed by atoms with Gasteiger partial charge in [-0.2, -0.15) is 0 Å². The van der Waals surface area contributed by atoms with Crippen LogP contribution in [-0.2, 0) is 16.1 Å². The number of methoxy groups -OCH3 is 1. The quantitative estimate of drug-likeness (QED) is 0.839. The normalized spacial score (nSPS) is 20.7. The lowest BCUT2D eigenvalue weighted by Crippen LogP contribution is -2.24.